The molecule has 0 aliphatic carbocycles. The number of halogens is 2. The van der Waals surface area contributed by atoms with Crippen LogP contribution in [-0.4, -0.2) is 23.3 Å². The molecule has 0 bridgehead atoms. The van der Waals surface area contributed by atoms with Crippen LogP contribution in [0.4, 0.5) is 5.69 Å². The smallest absolute Gasteiger partial charge is 0.0737 e. The van der Waals surface area contributed by atoms with Crippen molar-refractivity contribution in [2.75, 3.05) is 11.4 Å². The lowest BCUT2D eigenvalue weighted by atomic mass is 10.0. The first-order valence-electron chi connectivity index (χ1n) is 5.31. The van der Waals surface area contributed by atoms with Crippen molar-refractivity contribution in [1.82, 2.24) is 0 Å². The number of aliphatic hydroxyl groups is 1. The van der Waals surface area contributed by atoms with Gasteiger partial charge >= 0.3 is 0 Å². The molecule has 0 radical (unpaired) electrons. The summed E-state index contributed by atoms with van der Waals surface area (Å²) in [5, 5.41) is 11.0. The van der Waals surface area contributed by atoms with Gasteiger partial charge in [-0.05, 0) is 38.5 Å². The molecule has 1 aromatic carbocycles. The molecule has 0 aromatic heterocycles. The fourth-order valence-corrected chi connectivity index (χ4v) is 2.84. The standard InChI is InChI=1S/C12H15Cl2NO/c1-12(2)6-9(16)7-15(12)11-4-3-8(13)5-10(11)14/h3-5,9,16H,6-7H2,1-2H3. The van der Waals surface area contributed by atoms with Crippen LogP contribution in [0.5, 0.6) is 0 Å². The first-order chi connectivity index (χ1) is 7.40. The highest BCUT2D eigenvalue weighted by Gasteiger charge is 2.38. The highest BCUT2D eigenvalue weighted by atomic mass is 35.5. The van der Waals surface area contributed by atoms with Gasteiger partial charge in [-0.1, -0.05) is 23.2 Å². The topological polar surface area (TPSA) is 23.5 Å². The average molecular weight is 260 g/mol. The summed E-state index contributed by atoms with van der Waals surface area (Å²) in [4.78, 5) is 2.14. The summed E-state index contributed by atoms with van der Waals surface area (Å²) in [6.45, 7) is 4.83. The predicted octanol–water partition coefficient (Wildman–Crippen LogP) is 3.34. The lowest BCUT2D eigenvalue weighted by Crippen LogP contribution is -2.38. The van der Waals surface area contributed by atoms with Gasteiger partial charge in [0.25, 0.3) is 0 Å². The number of hydrogen-bond donors (Lipinski definition) is 1. The van der Waals surface area contributed by atoms with E-state index < -0.39 is 0 Å². The predicted molar refractivity (Wildman–Crippen MR) is 68.5 cm³/mol. The van der Waals surface area contributed by atoms with Crippen LogP contribution >= 0.6 is 23.2 Å². The molecule has 0 spiro atoms. The van der Waals surface area contributed by atoms with E-state index in [-0.39, 0.29) is 11.6 Å². The number of rotatable bonds is 1. The Bertz CT molecular complexity index is 406. The summed E-state index contributed by atoms with van der Waals surface area (Å²) in [6.07, 6.45) is 0.466. The number of benzene rings is 1. The van der Waals surface area contributed by atoms with Gasteiger partial charge in [0, 0.05) is 17.1 Å². The molecule has 4 heteroatoms. The third-order valence-corrected chi connectivity index (χ3v) is 3.60. The molecule has 1 heterocycles. The molecule has 2 rings (SSSR count). The largest absolute Gasteiger partial charge is 0.391 e. The van der Waals surface area contributed by atoms with Gasteiger partial charge in [-0.2, -0.15) is 0 Å². The van der Waals surface area contributed by atoms with Crippen LogP contribution < -0.4 is 4.90 Å². The Hall–Kier alpha value is -0.440. The van der Waals surface area contributed by atoms with Crippen LogP contribution in [0.25, 0.3) is 0 Å². The van der Waals surface area contributed by atoms with Gasteiger partial charge in [0.2, 0.25) is 0 Å². The molecule has 0 saturated carbocycles. The summed E-state index contributed by atoms with van der Waals surface area (Å²) in [5.74, 6) is 0. The van der Waals surface area contributed by atoms with Gasteiger partial charge in [0.15, 0.2) is 0 Å². The van der Waals surface area contributed by atoms with Crippen molar-refractivity contribution in [3.05, 3.63) is 28.2 Å². The second kappa shape index (κ2) is 4.10. The molecule has 88 valence electrons. The van der Waals surface area contributed by atoms with Crippen molar-refractivity contribution in [3.63, 3.8) is 0 Å². The normalized spacial score (nSPS) is 23.8. The minimum Gasteiger partial charge on any atom is -0.391 e. The molecular weight excluding hydrogens is 245 g/mol. The number of hydrogen-bond acceptors (Lipinski definition) is 2. The van der Waals surface area contributed by atoms with Gasteiger partial charge in [-0.3, -0.25) is 0 Å². The Labute approximate surface area is 106 Å². The molecule has 2 nitrogen and oxygen atoms in total. The highest BCUT2D eigenvalue weighted by molar-refractivity contribution is 6.36. The minimum atomic E-state index is -0.290. The lowest BCUT2D eigenvalue weighted by Gasteiger charge is -2.33. The molecule has 1 aliphatic rings. The molecule has 16 heavy (non-hydrogen) atoms. The molecule has 1 saturated heterocycles. The van der Waals surface area contributed by atoms with E-state index >= 15 is 0 Å². The quantitative estimate of drug-likeness (QED) is 0.837. The summed E-state index contributed by atoms with van der Waals surface area (Å²) in [7, 11) is 0. The number of β-amino-alcohol motifs (C(OH)–C–C–N with tert-alkyl or cyclic N) is 1. The summed E-state index contributed by atoms with van der Waals surface area (Å²) < 4.78 is 0. The third-order valence-electron chi connectivity index (χ3n) is 3.06. The molecule has 0 amide bonds. The maximum atomic E-state index is 9.73. The van der Waals surface area contributed by atoms with Crippen LogP contribution in [0, 0.1) is 0 Å². The van der Waals surface area contributed by atoms with E-state index in [9.17, 15) is 5.11 Å². The maximum Gasteiger partial charge on any atom is 0.0737 e. The Morgan fingerprint density at radius 3 is 2.56 bits per heavy atom. The highest BCUT2D eigenvalue weighted by Crippen LogP contribution is 2.38. The Balaban J connectivity index is 2.37. The van der Waals surface area contributed by atoms with Crippen molar-refractivity contribution < 1.29 is 5.11 Å². The van der Waals surface area contributed by atoms with Crippen molar-refractivity contribution in [3.8, 4) is 0 Å². The van der Waals surface area contributed by atoms with Crippen molar-refractivity contribution in [2.45, 2.75) is 31.9 Å². The number of nitrogens with zero attached hydrogens (tertiary/aromatic N) is 1. The van der Waals surface area contributed by atoms with E-state index in [1.165, 1.54) is 0 Å². The van der Waals surface area contributed by atoms with E-state index in [0.717, 1.165) is 12.1 Å². The van der Waals surface area contributed by atoms with Gasteiger partial charge in [-0.15, -0.1) is 0 Å². The zero-order valence-electron chi connectivity index (χ0n) is 9.37. The third kappa shape index (κ3) is 2.15. The molecule has 1 aliphatic heterocycles. The molecule has 1 N–H and O–H groups in total. The summed E-state index contributed by atoms with van der Waals surface area (Å²) in [6, 6.07) is 5.47. The van der Waals surface area contributed by atoms with Crippen LogP contribution in [0.15, 0.2) is 18.2 Å². The fraction of sp³-hybridized carbons (Fsp3) is 0.500. The minimum absolute atomic E-state index is 0.0725. The zero-order valence-corrected chi connectivity index (χ0v) is 10.9. The molecule has 1 aromatic rings. The second-order valence-corrected chi connectivity index (χ2v) is 5.72. The Kier molecular flexibility index (Phi) is 3.08. The molecule has 1 atom stereocenters. The summed E-state index contributed by atoms with van der Waals surface area (Å²) >= 11 is 12.0. The number of aliphatic hydroxyl groups excluding tert-OH is 1. The van der Waals surface area contributed by atoms with Crippen LogP contribution in [0.1, 0.15) is 20.3 Å². The van der Waals surface area contributed by atoms with Crippen molar-refractivity contribution >= 4 is 28.9 Å². The van der Waals surface area contributed by atoms with Gasteiger partial charge < -0.3 is 10.0 Å². The fourth-order valence-electron chi connectivity index (χ4n) is 2.33. The van der Waals surface area contributed by atoms with Crippen LogP contribution in [0.3, 0.4) is 0 Å². The lowest BCUT2D eigenvalue weighted by molar-refractivity contribution is 0.188. The van der Waals surface area contributed by atoms with Crippen LogP contribution in [-0.2, 0) is 0 Å². The maximum absolute atomic E-state index is 9.73. The first kappa shape index (κ1) is 12.0. The monoisotopic (exact) mass is 259 g/mol. The van der Waals surface area contributed by atoms with E-state index in [1.807, 2.05) is 12.1 Å². The molecule has 1 fully saturated rings. The number of anilines is 1. The average Bonchev–Trinajstić information content (AvgIpc) is 2.39. The van der Waals surface area contributed by atoms with E-state index in [1.54, 1.807) is 6.07 Å². The van der Waals surface area contributed by atoms with Crippen molar-refractivity contribution in [1.29, 1.82) is 0 Å². The Morgan fingerprint density at radius 1 is 1.38 bits per heavy atom. The van der Waals surface area contributed by atoms with E-state index in [2.05, 4.69) is 18.7 Å². The van der Waals surface area contributed by atoms with Gasteiger partial charge in [-0.25, -0.2) is 0 Å². The van der Waals surface area contributed by atoms with Crippen molar-refractivity contribution in [2.24, 2.45) is 0 Å². The molecule has 1 unspecified atom stereocenters. The zero-order chi connectivity index (χ0) is 11.9. The van der Waals surface area contributed by atoms with Gasteiger partial charge in [0.05, 0.1) is 16.8 Å². The van der Waals surface area contributed by atoms with E-state index in [0.29, 0.717) is 16.6 Å². The summed E-state index contributed by atoms with van der Waals surface area (Å²) in [5.41, 5.74) is 0.865. The van der Waals surface area contributed by atoms with Gasteiger partial charge in [0.1, 0.15) is 0 Å². The van der Waals surface area contributed by atoms with E-state index in [4.69, 9.17) is 23.2 Å². The second-order valence-electron chi connectivity index (χ2n) is 4.88. The molecular formula is C12H15Cl2NO. The SMILES string of the molecule is CC1(C)CC(O)CN1c1ccc(Cl)cc1Cl. The Morgan fingerprint density at radius 2 is 2.06 bits per heavy atom. The van der Waals surface area contributed by atoms with Crippen LogP contribution in [0.2, 0.25) is 10.0 Å². The first-order valence-corrected chi connectivity index (χ1v) is 6.06.